The van der Waals surface area contributed by atoms with Crippen LogP contribution in [0.15, 0.2) is 18.6 Å². The average Bonchev–Trinajstić information content (AvgIpc) is 2.43. The summed E-state index contributed by atoms with van der Waals surface area (Å²) in [4.78, 5) is 34.1. The van der Waals surface area contributed by atoms with Crippen molar-refractivity contribution in [3.8, 4) is 0 Å². The van der Waals surface area contributed by atoms with Crippen LogP contribution in [0.25, 0.3) is 0 Å². The molecule has 1 aliphatic heterocycles. The Morgan fingerprint density at radius 2 is 2.32 bits per heavy atom. The fourth-order valence-electron chi connectivity index (χ4n) is 2.45. The fraction of sp³-hybridized carbons (Fsp3) is 0.538. The monoisotopic (exact) mass is 262 g/mol. The number of amides is 2. The van der Waals surface area contributed by atoms with Crippen molar-refractivity contribution >= 4 is 11.8 Å². The summed E-state index contributed by atoms with van der Waals surface area (Å²) in [6, 6.07) is 0. The lowest BCUT2D eigenvalue weighted by Crippen LogP contribution is -2.64. The maximum atomic E-state index is 12.5. The molecule has 1 aliphatic rings. The largest absolute Gasteiger partial charge is 0.352 e. The number of nitrogens with zero attached hydrogens (tertiary/aromatic N) is 3. The number of nitrogens with one attached hydrogen (secondary N) is 1. The van der Waals surface area contributed by atoms with E-state index >= 15 is 0 Å². The Kier molecular flexibility index (Phi) is 3.78. The first-order valence-electron chi connectivity index (χ1n) is 6.46. The van der Waals surface area contributed by atoms with E-state index in [1.54, 1.807) is 11.8 Å². The summed E-state index contributed by atoms with van der Waals surface area (Å²) in [7, 11) is 0. The van der Waals surface area contributed by atoms with Crippen molar-refractivity contribution in [2.45, 2.75) is 32.2 Å². The molecular formula is C13H18N4O2. The summed E-state index contributed by atoms with van der Waals surface area (Å²) >= 11 is 0. The predicted octanol–water partition coefficient (Wildman–Crippen LogP) is 0.607. The molecule has 6 nitrogen and oxygen atoms in total. The van der Waals surface area contributed by atoms with E-state index in [4.69, 9.17) is 0 Å². The molecule has 0 saturated carbocycles. The van der Waals surface area contributed by atoms with E-state index < -0.39 is 5.54 Å². The van der Waals surface area contributed by atoms with Crippen molar-refractivity contribution < 1.29 is 9.59 Å². The molecule has 0 spiro atoms. The van der Waals surface area contributed by atoms with Crippen molar-refractivity contribution in [3.05, 3.63) is 24.3 Å². The average molecular weight is 262 g/mol. The molecule has 0 aromatic carbocycles. The minimum atomic E-state index is -0.804. The molecule has 1 aromatic heterocycles. The molecule has 0 radical (unpaired) electrons. The number of hydrogen-bond acceptors (Lipinski definition) is 4. The molecule has 2 heterocycles. The Bertz CT molecular complexity index is 477. The molecular weight excluding hydrogens is 244 g/mol. The maximum Gasteiger partial charge on any atom is 0.275 e. The van der Waals surface area contributed by atoms with E-state index in [2.05, 4.69) is 15.3 Å². The minimum absolute atomic E-state index is 0.0992. The highest BCUT2D eigenvalue weighted by atomic mass is 16.2. The van der Waals surface area contributed by atoms with Crippen molar-refractivity contribution in [2.75, 3.05) is 13.1 Å². The van der Waals surface area contributed by atoms with Crippen LogP contribution in [0.5, 0.6) is 0 Å². The van der Waals surface area contributed by atoms with Gasteiger partial charge in [-0.05, 0) is 13.3 Å². The van der Waals surface area contributed by atoms with Crippen LogP contribution in [-0.4, -0.2) is 45.3 Å². The van der Waals surface area contributed by atoms with Gasteiger partial charge in [0, 0.05) is 25.5 Å². The standard InChI is InChI=1S/C13H18N4O2/c1-3-4-13(2)12(19)16-7-8-17(13)11(18)10-9-14-5-6-15-10/h5-6,9H,3-4,7-8H2,1-2H3,(H,16,19). The summed E-state index contributed by atoms with van der Waals surface area (Å²) in [6.45, 7) is 4.78. The summed E-state index contributed by atoms with van der Waals surface area (Å²) in [5.41, 5.74) is -0.527. The second kappa shape index (κ2) is 5.34. The van der Waals surface area contributed by atoms with Gasteiger partial charge in [0.25, 0.3) is 5.91 Å². The van der Waals surface area contributed by atoms with Gasteiger partial charge in [0.2, 0.25) is 5.91 Å². The van der Waals surface area contributed by atoms with Gasteiger partial charge in [-0.3, -0.25) is 14.6 Å². The van der Waals surface area contributed by atoms with Crippen LogP contribution in [0.2, 0.25) is 0 Å². The van der Waals surface area contributed by atoms with Gasteiger partial charge in [-0.25, -0.2) is 4.98 Å². The van der Waals surface area contributed by atoms with E-state index in [0.717, 1.165) is 6.42 Å². The lowest BCUT2D eigenvalue weighted by Gasteiger charge is -2.43. The van der Waals surface area contributed by atoms with Gasteiger partial charge in [0.05, 0.1) is 6.20 Å². The van der Waals surface area contributed by atoms with Gasteiger partial charge in [-0.2, -0.15) is 0 Å². The normalized spacial score (nSPS) is 23.1. The van der Waals surface area contributed by atoms with Crippen LogP contribution >= 0.6 is 0 Å². The lowest BCUT2D eigenvalue weighted by atomic mass is 9.90. The molecule has 1 N–H and O–H groups in total. The number of hydrogen-bond donors (Lipinski definition) is 1. The maximum absolute atomic E-state index is 12.5. The Morgan fingerprint density at radius 1 is 1.53 bits per heavy atom. The summed E-state index contributed by atoms with van der Waals surface area (Å²) in [5, 5.41) is 2.82. The highest BCUT2D eigenvalue weighted by molar-refractivity contribution is 5.98. The van der Waals surface area contributed by atoms with Crippen molar-refractivity contribution in [2.24, 2.45) is 0 Å². The summed E-state index contributed by atoms with van der Waals surface area (Å²) in [6.07, 6.45) is 5.89. The van der Waals surface area contributed by atoms with Crippen molar-refractivity contribution in [3.63, 3.8) is 0 Å². The van der Waals surface area contributed by atoms with Crippen molar-refractivity contribution in [1.29, 1.82) is 0 Å². The molecule has 2 rings (SSSR count). The highest BCUT2D eigenvalue weighted by Gasteiger charge is 2.44. The molecule has 102 valence electrons. The first kappa shape index (κ1) is 13.5. The molecule has 2 amide bonds. The Labute approximate surface area is 112 Å². The number of piperazine rings is 1. The second-order valence-electron chi connectivity index (χ2n) is 4.83. The topological polar surface area (TPSA) is 75.2 Å². The molecule has 1 atom stereocenters. The summed E-state index contributed by atoms with van der Waals surface area (Å²) < 4.78 is 0. The summed E-state index contributed by atoms with van der Waals surface area (Å²) in [5.74, 6) is -0.336. The quantitative estimate of drug-likeness (QED) is 0.866. The Hall–Kier alpha value is -1.98. The molecule has 1 saturated heterocycles. The van der Waals surface area contributed by atoms with Crippen LogP contribution in [0.3, 0.4) is 0 Å². The molecule has 1 unspecified atom stereocenters. The zero-order valence-electron chi connectivity index (χ0n) is 11.2. The van der Waals surface area contributed by atoms with Gasteiger partial charge in [0.15, 0.2) is 0 Å². The van der Waals surface area contributed by atoms with Crippen LogP contribution in [-0.2, 0) is 4.79 Å². The predicted molar refractivity (Wildman–Crippen MR) is 69.4 cm³/mol. The zero-order chi connectivity index (χ0) is 13.9. The first-order chi connectivity index (χ1) is 9.09. The van der Waals surface area contributed by atoms with E-state index in [1.165, 1.54) is 18.6 Å². The zero-order valence-corrected chi connectivity index (χ0v) is 11.2. The smallest absolute Gasteiger partial charge is 0.275 e. The third-order valence-corrected chi connectivity index (χ3v) is 3.47. The molecule has 19 heavy (non-hydrogen) atoms. The number of carbonyl (C=O) groups is 2. The highest BCUT2D eigenvalue weighted by Crippen LogP contribution is 2.25. The van der Waals surface area contributed by atoms with Crippen molar-refractivity contribution in [1.82, 2.24) is 20.2 Å². The van der Waals surface area contributed by atoms with E-state index in [-0.39, 0.29) is 17.5 Å². The number of rotatable bonds is 3. The SMILES string of the molecule is CCCC1(C)C(=O)NCCN1C(=O)c1cnccn1. The second-order valence-corrected chi connectivity index (χ2v) is 4.83. The molecule has 6 heteroatoms. The van der Waals surface area contributed by atoms with Gasteiger partial charge in [0.1, 0.15) is 11.2 Å². The van der Waals surface area contributed by atoms with E-state index in [9.17, 15) is 9.59 Å². The van der Waals surface area contributed by atoms with Gasteiger partial charge >= 0.3 is 0 Å². The Balaban J connectivity index is 2.30. The third-order valence-electron chi connectivity index (χ3n) is 3.47. The van der Waals surface area contributed by atoms with Crippen LogP contribution in [0.1, 0.15) is 37.2 Å². The van der Waals surface area contributed by atoms with Gasteiger partial charge < -0.3 is 10.2 Å². The van der Waals surface area contributed by atoms with E-state index in [1.807, 2.05) is 6.92 Å². The van der Waals surface area contributed by atoms with Crippen LogP contribution < -0.4 is 5.32 Å². The molecule has 0 aliphatic carbocycles. The Morgan fingerprint density at radius 3 is 2.95 bits per heavy atom. The van der Waals surface area contributed by atoms with Crippen LogP contribution in [0, 0.1) is 0 Å². The molecule has 1 aromatic rings. The minimum Gasteiger partial charge on any atom is -0.352 e. The third kappa shape index (κ3) is 2.43. The number of aromatic nitrogens is 2. The van der Waals surface area contributed by atoms with E-state index in [0.29, 0.717) is 19.5 Å². The number of carbonyl (C=O) groups excluding carboxylic acids is 2. The lowest BCUT2D eigenvalue weighted by molar-refractivity contribution is -0.134. The van der Waals surface area contributed by atoms with Gasteiger partial charge in [-0.1, -0.05) is 13.3 Å². The first-order valence-corrected chi connectivity index (χ1v) is 6.46. The molecule has 0 bridgehead atoms. The van der Waals surface area contributed by atoms with Gasteiger partial charge in [-0.15, -0.1) is 0 Å². The molecule has 1 fully saturated rings. The fourth-order valence-corrected chi connectivity index (χ4v) is 2.45. The van der Waals surface area contributed by atoms with Crippen LogP contribution in [0.4, 0.5) is 0 Å².